The van der Waals surface area contributed by atoms with Gasteiger partial charge in [-0.15, -0.1) is 0 Å². The molecule has 0 heterocycles. The fourth-order valence-corrected chi connectivity index (χ4v) is 2.10. The number of benzene rings is 2. The van der Waals surface area contributed by atoms with Gasteiger partial charge in [0.25, 0.3) is 0 Å². The zero-order valence-corrected chi connectivity index (χ0v) is 12.9. The van der Waals surface area contributed by atoms with Gasteiger partial charge in [-0.1, -0.05) is 35.3 Å². The van der Waals surface area contributed by atoms with E-state index in [2.05, 4.69) is 10.5 Å². The minimum atomic E-state index is -0.750. The molecular weight excluding hydrogens is 325 g/mol. The van der Waals surface area contributed by atoms with E-state index in [-0.39, 0.29) is 0 Å². The Labute approximate surface area is 137 Å². The molecule has 0 aliphatic rings. The number of primary amides is 1. The molecule has 0 radical (unpaired) electrons. The van der Waals surface area contributed by atoms with E-state index < -0.39 is 6.03 Å². The molecule has 2 rings (SSSR count). The van der Waals surface area contributed by atoms with E-state index in [4.69, 9.17) is 33.7 Å². The van der Waals surface area contributed by atoms with E-state index in [0.29, 0.717) is 28.0 Å². The summed E-state index contributed by atoms with van der Waals surface area (Å²) >= 11 is 11.9. The Kier molecular flexibility index (Phi) is 5.63. The summed E-state index contributed by atoms with van der Waals surface area (Å²) in [5, 5.41) is 4.87. The fraction of sp³-hybridized carbons (Fsp3) is 0.0667. The Bertz CT molecular complexity index is 705. The molecule has 7 heteroatoms. The average molecular weight is 338 g/mol. The summed E-state index contributed by atoms with van der Waals surface area (Å²) in [4.78, 5) is 10.6. The number of hydrogen-bond donors (Lipinski definition) is 2. The van der Waals surface area contributed by atoms with E-state index in [1.165, 1.54) is 6.21 Å². The number of hydrogen-bond acceptors (Lipinski definition) is 3. The van der Waals surface area contributed by atoms with Crippen LogP contribution in [0, 0.1) is 0 Å². The van der Waals surface area contributed by atoms with Gasteiger partial charge in [-0.05, 0) is 35.9 Å². The highest BCUT2D eigenvalue weighted by atomic mass is 35.5. The summed E-state index contributed by atoms with van der Waals surface area (Å²) in [6.07, 6.45) is 1.41. The maximum atomic E-state index is 10.6. The normalized spacial score (nSPS) is 10.6. The number of ether oxygens (including phenoxy) is 1. The van der Waals surface area contributed by atoms with Crippen molar-refractivity contribution in [3.63, 3.8) is 0 Å². The Morgan fingerprint density at radius 2 is 2.00 bits per heavy atom. The number of rotatable bonds is 5. The minimum Gasteiger partial charge on any atom is -0.488 e. The first-order valence-electron chi connectivity index (χ1n) is 6.30. The van der Waals surface area contributed by atoms with Crippen LogP contribution < -0.4 is 15.9 Å². The molecule has 5 nitrogen and oxygen atoms in total. The molecule has 0 aliphatic carbocycles. The van der Waals surface area contributed by atoms with Gasteiger partial charge in [0.1, 0.15) is 12.4 Å². The number of nitrogens with zero attached hydrogens (tertiary/aromatic N) is 1. The fourth-order valence-electron chi connectivity index (χ4n) is 1.70. The summed E-state index contributed by atoms with van der Waals surface area (Å²) in [6, 6.07) is 11.7. The summed E-state index contributed by atoms with van der Waals surface area (Å²) in [7, 11) is 0. The lowest BCUT2D eigenvalue weighted by molar-refractivity contribution is 0.249. The molecule has 0 saturated carbocycles. The van der Waals surface area contributed by atoms with Crippen LogP contribution in [-0.2, 0) is 6.61 Å². The topological polar surface area (TPSA) is 76.7 Å². The molecule has 22 heavy (non-hydrogen) atoms. The molecule has 0 saturated heterocycles. The summed E-state index contributed by atoms with van der Waals surface area (Å²) in [5.41, 5.74) is 8.60. The molecule has 0 aromatic heterocycles. The number of carbonyl (C=O) groups is 1. The minimum absolute atomic E-state index is 0.340. The molecule has 0 unspecified atom stereocenters. The van der Waals surface area contributed by atoms with E-state index in [1.54, 1.807) is 24.3 Å². The van der Waals surface area contributed by atoms with Gasteiger partial charge >= 0.3 is 6.03 Å². The SMILES string of the molecule is NC(=O)NN=Cc1cc(Cl)ccc1OCc1cccc(Cl)c1. The lowest BCUT2D eigenvalue weighted by Gasteiger charge is -2.09. The first-order chi connectivity index (χ1) is 10.5. The second-order valence-electron chi connectivity index (χ2n) is 4.33. The standard InChI is InChI=1S/C15H13Cl2N3O2/c16-12-3-1-2-10(6-12)9-22-14-5-4-13(17)7-11(14)8-19-20-15(18)21/h1-8H,9H2,(H3,18,20,21). The second kappa shape index (κ2) is 7.68. The zero-order chi connectivity index (χ0) is 15.9. The van der Waals surface area contributed by atoms with Crippen LogP contribution in [0.1, 0.15) is 11.1 Å². The van der Waals surface area contributed by atoms with Crippen LogP contribution in [-0.4, -0.2) is 12.2 Å². The molecule has 3 N–H and O–H groups in total. The van der Waals surface area contributed by atoms with Crippen molar-refractivity contribution in [1.29, 1.82) is 0 Å². The smallest absolute Gasteiger partial charge is 0.332 e. The Hall–Kier alpha value is -2.24. The highest BCUT2D eigenvalue weighted by molar-refractivity contribution is 6.31. The first-order valence-corrected chi connectivity index (χ1v) is 7.05. The molecule has 0 atom stereocenters. The van der Waals surface area contributed by atoms with Gasteiger partial charge in [-0.2, -0.15) is 5.10 Å². The van der Waals surface area contributed by atoms with Crippen LogP contribution in [0.4, 0.5) is 4.79 Å². The van der Waals surface area contributed by atoms with Crippen LogP contribution in [0.3, 0.4) is 0 Å². The van der Waals surface area contributed by atoms with Crippen LogP contribution in [0.5, 0.6) is 5.75 Å². The molecule has 2 amide bonds. The third kappa shape index (κ3) is 4.95. The van der Waals surface area contributed by atoms with Crippen LogP contribution >= 0.6 is 23.2 Å². The lowest BCUT2D eigenvalue weighted by atomic mass is 10.2. The van der Waals surface area contributed by atoms with E-state index in [9.17, 15) is 4.79 Å². The molecule has 0 bridgehead atoms. The maximum absolute atomic E-state index is 10.6. The lowest BCUT2D eigenvalue weighted by Crippen LogP contribution is -2.24. The number of urea groups is 1. The molecule has 2 aromatic rings. The van der Waals surface area contributed by atoms with Crippen molar-refractivity contribution in [3.05, 3.63) is 63.6 Å². The van der Waals surface area contributed by atoms with Gasteiger partial charge in [0.15, 0.2) is 0 Å². The number of nitrogens with two attached hydrogens (primary N) is 1. The van der Waals surface area contributed by atoms with Gasteiger partial charge in [0, 0.05) is 15.6 Å². The number of amides is 2. The van der Waals surface area contributed by atoms with Crippen molar-refractivity contribution in [1.82, 2.24) is 5.43 Å². The second-order valence-corrected chi connectivity index (χ2v) is 5.21. The quantitative estimate of drug-likeness (QED) is 0.646. The van der Waals surface area contributed by atoms with Crippen LogP contribution in [0.2, 0.25) is 10.0 Å². The first kappa shape index (κ1) is 16.1. The van der Waals surface area contributed by atoms with Crippen molar-refractivity contribution >= 4 is 35.4 Å². The largest absolute Gasteiger partial charge is 0.488 e. The monoisotopic (exact) mass is 337 g/mol. The average Bonchev–Trinajstić information content (AvgIpc) is 2.46. The molecule has 114 valence electrons. The summed E-state index contributed by atoms with van der Waals surface area (Å²) in [6.45, 7) is 0.340. The third-order valence-electron chi connectivity index (χ3n) is 2.63. The van der Waals surface area contributed by atoms with Crippen molar-refractivity contribution < 1.29 is 9.53 Å². The number of carbonyl (C=O) groups excluding carboxylic acids is 1. The predicted molar refractivity (Wildman–Crippen MR) is 87.5 cm³/mol. The van der Waals surface area contributed by atoms with Crippen molar-refractivity contribution in [2.24, 2.45) is 10.8 Å². The van der Waals surface area contributed by atoms with Gasteiger partial charge in [-0.25, -0.2) is 10.2 Å². The van der Waals surface area contributed by atoms with E-state index >= 15 is 0 Å². The van der Waals surface area contributed by atoms with Crippen molar-refractivity contribution in [2.75, 3.05) is 0 Å². The maximum Gasteiger partial charge on any atom is 0.332 e. The summed E-state index contributed by atoms with van der Waals surface area (Å²) < 4.78 is 5.74. The zero-order valence-electron chi connectivity index (χ0n) is 11.4. The van der Waals surface area contributed by atoms with Crippen molar-refractivity contribution in [3.8, 4) is 5.75 Å². The van der Waals surface area contributed by atoms with Gasteiger partial charge in [0.2, 0.25) is 0 Å². The van der Waals surface area contributed by atoms with Crippen LogP contribution in [0.15, 0.2) is 47.6 Å². The molecule has 0 spiro atoms. The van der Waals surface area contributed by atoms with Crippen LogP contribution in [0.25, 0.3) is 0 Å². The number of nitrogens with one attached hydrogen (secondary N) is 1. The van der Waals surface area contributed by atoms with Gasteiger partial charge in [0.05, 0.1) is 6.21 Å². The van der Waals surface area contributed by atoms with Crippen molar-refractivity contribution in [2.45, 2.75) is 6.61 Å². The Morgan fingerprint density at radius 3 is 2.73 bits per heavy atom. The third-order valence-corrected chi connectivity index (χ3v) is 3.10. The Morgan fingerprint density at radius 1 is 1.23 bits per heavy atom. The van der Waals surface area contributed by atoms with Gasteiger partial charge in [-0.3, -0.25) is 0 Å². The van der Waals surface area contributed by atoms with Gasteiger partial charge < -0.3 is 10.5 Å². The number of hydrazone groups is 1. The molecular formula is C15H13Cl2N3O2. The molecule has 0 fully saturated rings. The summed E-state index contributed by atoms with van der Waals surface area (Å²) in [5.74, 6) is 0.569. The number of halogens is 2. The van der Waals surface area contributed by atoms with E-state index in [1.807, 2.05) is 18.2 Å². The molecule has 0 aliphatic heterocycles. The highest BCUT2D eigenvalue weighted by Crippen LogP contribution is 2.23. The van der Waals surface area contributed by atoms with E-state index in [0.717, 1.165) is 5.56 Å². The Balaban J connectivity index is 2.12. The predicted octanol–water partition coefficient (Wildman–Crippen LogP) is 3.57. The highest BCUT2D eigenvalue weighted by Gasteiger charge is 2.04. The molecule has 2 aromatic carbocycles.